The Morgan fingerprint density at radius 2 is 1.65 bits per heavy atom. The minimum Gasteiger partial charge on any atom is -0.497 e. The monoisotopic (exact) mass is 441 g/mol. The van der Waals surface area contributed by atoms with Gasteiger partial charge in [0, 0.05) is 43.8 Å². The largest absolute Gasteiger partial charge is 0.497 e. The fourth-order valence-corrected chi connectivity index (χ4v) is 5.65. The summed E-state index contributed by atoms with van der Waals surface area (Å²) in [7, 11) is 0.000608. The van der Waals surface area contributed by atoms with E-state index in [1.807, 2.05) is 36.4 Å². The number of aromatic nitrogens is 1. The molecule has 4 rings (SSSR count). The molecule has 3 aromatic rings. The smallest absolute Gasteiger partial charge is 0.268 e. The maximum Gasteiger partial charge on any atom is 0.268 e. The summed E-state index contributed by atoms with van der Waals surface area (Å²) in [6.07, 6.45) is 0. The van der Waals surface area contributed by atoms with E-state index >= 15 is 0 Å². The van der Waals surface area contributed by atoms with Crippen molar-refractivity contribution in [1.29, 1.82) is 0 Å². The van der Waals surface area contributed by atoms with Gasteiger partial charge in [-0.15, -0.1) is 0 Å². The molecular weight excluding hydrogens is 410 g/mol. The highest BCUT2D eigenvalue weighted by molar-refractivity contribution is 7.90. The van der Waals surface area contributed by atoms with Crippen molar-refractivity contribution in [3.05, 3.63) is 59.8 Å². The highest BCUT2D eigenvalue weighted by atomic mass is 32.2. The summed E-state index contributed by atoms with van der Waals surface area (Å²) >= 11 is 0. The molecule has 0 spiro atoms. The van der Waals surface area contributed by atoms with Gasteiger partial charge in [-0.1, -0.05) is 26.0 Å². The van der Waals surface area contributed by atoms with E-state index < -0.39 is 10.0 Å². The van der Waals surface area contributed by atoms with Crippen LogP contribution in [0.2, 0.25) is 0 Å². The molecule has 0 saturated carbocycles. The second kappa shape index (κ2) is 8.65. The number of likely N-dealkylation sites (N-methyl/N-ethyl adjacent to an activating group) is 1. The van der Waals surface area contributed by atoms with Gasteiger partial charge in [-0.3, -0.25) is 4.90 Å². The number of nitrogens with zero attached hydrogens (tertiary/aromatic N) is 3. The van der Waals surface area contributed by atoms with Gasteiger partial charge in [-0.05, 0) is 54.9 Å². The lowest BCUT2D eigenvalue weighted by Gasteiger charge is -2.32. The van der Waals surface area contributed by atoms with Crippen molar-refractivity contribution in [2.24, 2.45) is 0 Å². The Labute approximate surface area is 185 Å². The van der Waals surface area contributed by atoms with Crippen LogP contribution in [0.15, 0.2) is 53.4 Å². The van der Waals surface area contributed by atoms with Gasteiger partial charge in [0.25, 0.3) is 10.0 Å². The lowest BCUT2D eigenvalue weighted by atomic mass is 10.0. The van der Waals surface area contributed by atoms with Crippen LogP contribution in [0.1, 0.15) is 31.0 Å². The van der Waals surface area contributed by atoms with E-state index in [1.54, 1.807) is 19.2 Å². The Hall–Kier alpha value is -2.35. The Kier molecular flexibility index (Phi) is 6.10. The molecule has 1 aromatic heterocycles. The second-order valence-electron chi connectivity index (χ2n) is 8.63. The van der Waals surface area contributed by atoms with Gasteiger partial charge < -0.3 is 9.64 Å². The number of hydrogen-bond acceptors (Lipinski definition) is 5. The zero-order chi connectivity index (χ0) is 22.2. The number of fused-ring (bicyclic) bond motifs is 1. The summed E-state index contributed by atoms with van der Waals surface area (Å²) in [6, 6.07) is 14.8. The van der Waals surface area contributed by atoms with Crippen molar-refractivity contribution >= 4 is 20.9 Å². The molecule has 0 unspecified atom stereocenters. The number of methoxy groups -OCH3 is 1. The predicted molar refractivity (Wildman–Crippen MR) is 124 cm³/mol. The highest BCUT2D eigenvalue weighted by Crippen LogP contribution is 2.30. The molecule has 0 bridgehead atoms. The summed E-state index contributed by atoms with van der Waals surface area (Å²) < 4.78 is 34.4. The highest BCUT2D eigenvalue weighted by Gasteiger charge is 2.25. The fraction of sp³-hybridized carbons (Fsp3) is 0.417. The SMILES string of the molecule is COc1ccc2c(c1)cc(CN1CCN(C)CC1)n2S(=O)(=O)c1ccc(C(C)C)cc1. The van der Waals surface area contributed by atoms with Gasteiger partial charge in [0.05, 0.1) is 17.5 Å². The second-order valence-corrected chi connectivity index (χ2v) is 10.4. The third-order valence-electron chi connectivity index (χ3n) is 6.10. The molecule has 0 radical (unpaired) electrons. The molecule has 0 aliphatic carbocycles. The molecule has 1 aliphatic heterocycles. The molecule has 6 nitrogen and oxygen atoms in total. The van der Waals surface area contributed by atoms with Gasteiger partial charge >= 0.3 is 0 Å². The Morgan fingerprint density at radius 1 is 0.968 bits per heavy atom. The summed E-state index contributed by atoms with van der Waals surface area (Å²) in [5, 5.41) is 0.867. The minimum absolute atomic E-state index is 0.310. The summed E-state index contributed by atoms with van der Waals surface area (Å²) in [4.78, 5) is 4.92. The number of rotatable bonds is 6. The van der Waals surface area contributed by atoms with Crippen molar-refractivity contribution < 1.29 is 13.2 Å². The van der Waals surface area contributed by atoms with Crippen LogP contribution in [-0.2, 0) is 16.6 Å². The number of ether oxygens (including phenoxy) is 1. The topological polar surface area (TPSA) is 54.8 Å². The standard InChI is InChI=1S/C24H31N3O3S/c1-18(2)19-5-8-23(9-6-19)31(28,29)27-21(17-26-13-11-25(3)12-14-26)15-20-16-22(30-4)7-10-24(20)27/h5-10,15-16,18H,11-14,17H2,1-4H3. The third-order valence-corrected chi connectivity index (χ3v) is 7.88. The zero-order valence-electron chi connectivity index (χ0n) is 18.7. The molecule has 0 N–H and O–H groups in total. The van der Waals surface area contributed by atoms with E-state index in [9.17, 15) is 8.42 Å². The molecule has 31 heavy (non-hydrogen) atoms. The first kappa shape index (κ1) is 21.9. The Morgan fingerprint density at radius 3 is 2.26 bits per heavy atom. The number of piperazine rings is 1. The maximum absolute atomic E-state index is 13.8. The summed E-state index contributed by atoms with van der Waals surface area (Å²) in [6.45, 7) is 8.60. The molecule has 2 heterocycles. The zero-order valence-corrected chi connectivity index (χ0v) is 19.5. The summed E-state index contributed by atoms with van der Waals surface area (Å²) in [5.41, 5.74) is 2.58. The number of hydrogen-bond donors (Lipinski definition) is 0. The van der Waals surface area contributed by atoms with E-state index in [0.717, 1.165) is 48.6 Å². The van der Waals surface area contributed by atoms with Crippen molar-refractivity contribution in [2.45, 2.75) is 31.2 Å². The summed E-state index contributed by atoms with van der Waals surface area (Å²) in [5.74, 6) is 1.07. The molecule has 0 amide bonds. The van der Waals surface area contributed by atoms with Gasteiger partial charge in [0.2, 0.25) is 0 Å². The van der Waals surface area contributed by atoms with Crippen LogP contribution in [0.5, 0.6) is 5.75 Å². The van der Waals surface area contributed by atoms with Gasteiger partial charge in [-0.2, -0.15) is 0 Å². The van der Waals surface area contributed by atoms with Crippen LogP contribution in [-0.4, -0.2) is 62.5 Å². The first-order valence-corrected chi connectivity index (χ1v) is 12.2. The van der Waals surface area contributed by atoms with Gasteiger partial charge in [0.1, 0.15) is 5.75 Å². The van der Waals surface area contributed by atoms with Crippen molar-refractivity contribution in [2.75, 3.05) is 40.3 Å². The van der Waals surface area contributed by atoms with Crippen LogP contribution in [0.4, 0.5) is 0 Å². The quantitative estimate of drug-likeness (QED) is 0.583. The van der Waals surface area contributed by atoms with Crippen molar-refractivity contribution in [3.8, 4) is 5.75 Å². The first-order chi connectivity index (χ1) is 14.8. The van der Waals surface area contributed by atoms with E-state index in [4.69, 9.17) is 4.74 Å². The van der Waals surface area contributed by atoms with Crippen LogP contribution in [0, 0.1) is 0 Å². The predicted octanol–water partition coefficient (Wildman–Crippen LogP) is 3.76. The van der Waals surface area contributed by atoms with Crippen LogP contribution < -0.4 is 4.74 Å². The van der Waals surface area contributed by atoms with E-state index in [-0.39, 0.29) is 0 Å². The van der Waals surface area contributed by atoms with Crippen molar-refractivity contribution in [3.63, 3.8) is 0 Å². The molecule has 2 aromatic carbocycles. The lowest BCUT2D eigenvalue weighted by Crippen LogP contribution is -2.44. The normalized spacial score (nSPS) is 16.3. The molecule has 1 aliphatic rings. The van der Waals surface area contributed by atoms with Gasteiger partial charge in [0.15, 0.2) is 0 Å². The fourth-order valence-electron chi connectivity index (χ4n) is 4.11. The molecule has 1 saturated heterocycles. The molecule has 1 fully saturated rings. The third kappa shape index (κ3) is 4.35. The average molecular weight is 442 g/mol. The van der Waals surface area contributed by atoms with Crippen LogP contribution >= 0.6 is 0 Å². The molecule has 0 atom stereocenters. The van der Waals surface area contributed by atoms with Crippen LogP contribution in [0.25, 0.3) is 10.9 Å². The minimum atomic E-state index is -3.74. The van der Waals surface area contributed by atoms with Crippen molar-refractivity contribution in [1.82, 2.24) is 13.8 Å². The van der Waals surface area contributed by atoms with E-state index in [0.29, 0.717) is 22.9 Å². The lowest BCUT2D eigenvalue weighted by molar-refractivity contribution is 0.147. The molecular formula is C24H31N3O3S. The number of benzene rings is 2. The molecule has 7 heteroatoms. The molecule has 166 valence electrons. The maximum atomic E-state index is 13.8. The van der Waals surface area contributed by atoms with E-state index in [2.05, 4.69) is 30.7 Å². The Balaban J connectivity index is 1.80. The van der Waals surface area contributed by atoms with E-state index in [1.165, 1.54) is 3.97 Å². The average Bonchev–Trinajstić information content (AvgIpc) is 3.13. The van der Waals surface area contributed by atoms with Crippen LogP contribution in [0.3, 0.4) is 0 Å². The van der Waals surface area contributed by atoms with Gasteiger partial charge in [-0.25, -0.2) is 12.4 Å². The Bertz CT molecular complexity index is 1160. The first-order valence-electron chi connectivity index (χ1n) is 10.7.